The molecule has 0 aliphatic heterocycles. The minimum Gasteiger partial charge on any atom is -0.382 e. The number of aromatic nitrogens is 2. The van der Waals surface area contributed by atoms with E-state index in [9.17, 15) is 4.91 Å². The number of anilines is 3. The van der Waals surface area contributed by atoms with Gasteiger partial charge in [-0.2, -0.15) is 9.97 Å². The molecule has 2 rings (SSSR count). The Hall–Kier alpha value is -2.70. The van der Waals surface area contributed by atoms with E-state index in [2.05, 4.69) is 20.5 Å². The Kier molecular flexibility index (Phi) is 3.87. The van der Waals surface area contributed by atoms with Crippen molar-refractivity contribution in [3.8, 4) is 0 Å². The van der Waals surface area contributed by atoms with Gasteiger partial charge in [0.2, 0.25) is 5.95 Å². The number of hydrogen-bond donors (Lipinski definition) is 3. The molecule has 7 nitrogen and oxygen atoms in total. The van der Waals surface area contributed by atoms with Crippen LogP contribution in [-0.2, 0) is 6.42 Å². The van der Waals surface area contributed by atoms with Gasteiger partial charge < -0.3 is 16.8 Å². The van der Waals surface area contributed by atoms with Crippen molar-refractivity contribution in [3.05, 3.63) is 40.8 Å². The molecular formula is C12H14N6O. The third-order valence-corrected chi connectivity index (χ3v) is 2.57. The predicted octanol–water partition coefficient (Wildman–Crippen LogP) is 1.69. The summed E-state index contributed by atoms with van der Waals surface area (Å²) >= 11 is 0. The lowest BCUT2D eigenvalue weighted by Crippen LogP contribution is -2.10. The normalized spacial score (nSPS) is 10.1. The fraction of sp³-hybridized carbons (Fsp3) is 0.167. The minimum absolute atomic E-state index is 0.0234. The molecular weight excluding hydrogens is 244 g/mol. The second-order valence-electron chi connectivity index (χ2n) is 3.92. The molecule has 0 atom stereocenters. The lowest BCUT2D eigenvalue weighted by molar-refractivity contribution is 0.987. The molecule has 7 heteroatoms. The van der Waals surface area contributed by atoms with E-state index in [4.69, 9.17) is 11.5 Å². The molecule has 1 aromatic heterocycles. The van der Waals surface area contributed by atoms with E-state index in [1.165, 1.54) is 5.56 Å². The molecule has 1 heterocycles. The summed E-state index contributed by atoms with van der Waals surface area (Å²) in [5, 5.41) is 5.69. The van der Waals surface area contributed by atoms with Crippen molar-refractivity contribution in [1.29, 1.82) is 0 Å². The second-order valence-corrected chi connectivity index (χ2v) is 3.92. The molecule has 0 bridgehead atoms. The maximum atomic E-state index is 10.4. The van der Waals surface area contributed by atoms with Gasteiger partial charge in [0.05, 0.1) is 0 Å². The van der Waals surface area contributed by atoms with Crippen LogP contribution in [-0.4, -0.2) is 16.5 Å². The van der Waals surface area contributed by atoms with Crippen LogP contribution in [0.1, 0.15) is 5.56 Å². The smallest absolute Gasteiger partial charge is 0.226 e. The van der Waals surface area contributed by atoms with Crippen LogP contribution in [0.15, 0.2) is 35.5 Å². The van der Waals surface area contributed by atoms with Crippen LogP contribution in [0.4, 0.5) is 23.3 Å². The van der Waals surface area contributed by atoms with Crippen molar-refractivity contribution in [2.45, 2.75) is 6.42 Å². The highest BCUT2D eigenvalue weighted by atomic mass is 16.3. The largest absolute Gasteiger partial charge is 0.382 e. The highest BCUT2D eigenvalue weighted by Gasteiger charge is 2.10. The van der Waals surface area contributed by atoms with Gasteiger partial charge in [-0.15, -0.1) is 4.91 Å². The van der Waals surface area contributed by atoms with E-state index in [-0.39, 0.29) is 17.3 Å². The van der Waals surface area contributed by atoms with Gasteiger partial charge in [-0.05, 0) is 17.2 Å². The second kappa shape index (κ2) is 5.76. The minimum atomic E-state index is -0.117. The van der Waals surface area contributed by atoms with Crippen LogP contribution >= 0.6 is 0 Å². The maximum Gasteiger partial charge on any atom is 0.226 e. The Morgan fingerprint density at radius 2 is 1.74 bits per heavy atom. The van der Waals surface area contributed by atoms with Gasteiger partial charge in [0.25, 0.3) is 0 Å². The molecule has 0 saturated carbocycles. The molecule has 0 aliphatic rings. The molecule has 0 amide bonds. The predicted molar refractivity (Wildman–Crippen MR) is 74.9 cm³/mol. The van der Waals surface area contributed by atoms with Crippen molar-refractivity contribution in [2.75, 3.05) is 23.3 Å². The standard InChI is InChI=1S/C12H14N6O/c13-10-9(18-19)11(14)17-12(16-10)15-7-6-8-4-2-1-3-5-8/h1-5H,6-7H2,(H5,13,14,15,16,17). The summed E-state index contributed by atoms with van der Waals surface area (Å²) < 4.78 is 0. The molecule has 98 valence electrons. The lowest BCUT2D eigenvalue weighted by Gasteiger charge is -2.07. The molecule has 19 heavy (non-hydrogen) atoms. The molecule has 0 aliphatic carbocycles. The number of nitrogens with one attached hydrogen (secondary N) is 1. The van der Waals surface area contributed by atoms with Crippen molar-refractivity contribution in [1.82, 2.24) is 9.97 Å². The zero-order valence-corrected chi connectivity index (χ0v) is 10.2. The van der Waals surface area contributed by atoms with Crippen LogP contribution in [0.5, 0.6) is 0 Å². The van der Waals surface area contributed by atoms with E-state index < -0.39 is 0 Å². The third kappa shape index (κ3) is 3.15. The van der Waals surface area contributed by atoms with Crippen molar-refractivity contribution in [2.24, 2.45) is 5.18 Å². The van der Waals surface area contributed by atoms with Crippen molar-refractivity contribution in [3.63, 3.8) is 0 Å². The Labute approximate surface area is 110 Å². The van der Waals surface area contributed by atoms with Crippen LogP contribution in [0.25, 0.3) is 0 Å². The summed E-state index contributed by atoms with van der Waals surface area (Å²) in [4.78, 5) is 18.3. The Morgan fingerprint density at radius 3 is 2.32 bits per heavy atom. The lowest BCUT2D eigenvalue weighted by atomic mass is 10.1. The Morgan fingerprint density at radius 1 is 1.11 bits per heavy atom. The zero-order chi connectivity index (χ0) is 13.7. The third-order valence-electron chi connectivity index (χ3n) is 2.57. The average Bonchev–Trinajstić information content (AvgIpc) is 2.40. The molecule has 0 saturated heterocycles. The van der Waals surface area contributed by atoms with Gasteiger partial charge in [-0.25, -0.2) is 0 Å². The van der Waals surface area contributed by atoms with Gasteiger partial charge in [0.15, 0.2) is 17.3 Å². The number of nitroso groups, excluding NO2 is 1. The monoisotopic (exact) mass is 258 g/mol. The zero-order valence-electron chi connectivity index (χ0n) is 10.2. The summed E-state index contributed by atoms with van der Waals surface area (Å²) in [7, 11) is 0. The Balaban J connectivity index is 1.99. The number of hydrogen-bond acceptors (Lipinski definition) is 7. The molecule has 0 unspecified atom stereocenters. The van der Waals surface area contributed by atoms with Crippen LogP contribution in [0.2, 0.25) is 0 Å². The SMILES string of the molecule is Nc1nc(NCCc2ccccc2)nc(N)c1N=O. The average molecular weight is 258 g/mol. The number of nitrogens with zero attached hydrogens (tertiary/aromatic N) is 3. The maximum absolute atomic E-state index is 10.4. The first-order chi connectivity index (χ1) is 9.20. The van der Waals surface area contributed by atoms with Crippen molar-refractivity contribution < 1.29 is 0 Å². The van der Waals surface area contributed by atoms with E-state index in [0.717, 1.165) is 6.42 Å². The van der Waals surface area contributed by atoms with Crippen LogP contribution in [0.3, 0.4) is 0 Å². The molecule has 1 aromatic carbocycles. The molecule has 0 radical (unpaired) electrons. The van der Waals surface area contributed by atoms with Crippen molar-refractivity contribution >= 4 is 23.3 Å². The topological polar surface area (TPSA) is 119 Å². The molecule has 0 spiro atoms. The van der Waals surface area contributed by atoms with Crippen LogP contribution in [0, 0.1) is 4.91 Å². The summed E-state index contributed by atoms with van der Waals surface area (Å²) in [6.07, 6.45) is 0.817. The van der Waals surface area contributed by atoms with Gasteiger partial charge in [0, 0.05) is 6.54 Å². The van der Waals surface area contributed by atoms with Gasteiger partial charge >= 0.3 is 0 Å². The number of nitrogen functional groups attached to an aromatic ring is 2. The van der Waals surface area contributed by atoms with E-state index >= 15 is 0 Å². The van der Waals surface area contributed by atoms with E-state index in [1.54, 1.807) is 0 Å². The fourth-order valence-electron chi connectivity index (χ4n) is 1.63. The number of benzene rings is 1. The highest BCUT2D eigenvalue weighted by Crippen LogP contribution is 2.26. The first-order valence-electron chi connectivity index (χ1n) is 5.75. The molecule has 0 fully saturated rings. The summed E-state index contributed by atoms with van der Waals surface area (Å²) in [5.74, 6) is 0.243. The quantitative estimate of drug-likeness (QED) is 0.702. The first kappa shape index (κ1) is 12.7. The van der Waals surface area contributed by atoms with E-state index in [1.807, 2.05) is 30.3 Å². The summed E-state index contributed by atoms with van der Waals surface area (Å²) in [6.45, 7) is 0.636. The first-order valence-corrected chi connectivity index (χ1v) is 5.75. The fourth-order valence-corrected chi connectivity index (χ4v) is 1.63. The molecule has 5 N–H and O–H groups in total. The number of nitrogens with two attached hydrogens (primary N) is 2. The summed E-state index contributed by atoms with van der Waals surface area (Å²) in [5.41, 5.74) is 12.2. The van der Waals surface area contributed by atoms with Crippen LogP contribution < -0.4 is 16.8 Å². The van der Waals surface area contributed by atoms with E-state index in [0.29, 0.717) is 12.5 Å². The van der Waals surface area contributed by atoms with Gasteiger partial charge in [-0.3, -0.25) is 0 Å². The Bertz CT molecular complexity index is 549. The summed E-state index contributed by atoms with van der Waals surface area (Å²) in [6, 6.07) is 9.99. The number of rotatable bonds is 5. The van der Waals surface area contributed by atoms with Gasteiger partial charge in [0.1, 0.15) is 0 Å². The van der Waals surface area contributed by atoms with Gasteiger partial charge in [-0.1, -0.05) is 30.3 Å². The molecule has 2 aromatic rings. The highest BCUT2D eigenvalue weighted by molar-refractivity contribution is 5.71.